The van der Waals surface area contributed by atoms with Gasteiger partial charge in [0, 0.05) is 5.92 Å². The van der Waals surface area contributed by atoms with E-state index >= 15 is 0 Å². The summed E-state index contributed by atoms with van der Waals surface area (Å²) >= 11 is -0.826. The van der Waals surface area contributed by atoms with Gasteiger partial charge in [0.15, 0.2) is 0 Å². The molecule has 14 heavy (non-hydrogen) atoms. The van der Waals surface area contributed by atoms with E-state index in [4.69, 9.17) is 17.0 Å². The Morgan fingerprint density at radius 2 is 1.79 bits per heavy atom. The van der Waals surface area contributed by atoms with Crippen LogP contribution < -0.4 is 0 Å². The number of hydrogen-bond donors (Lipinski definition) is 0. The zero-order valence-electron chi connectivity index (χ0n) is 9.03. The first kappa shape index (κ1) is 14.9. The van der Waals surface area contributed by atoms with Gasteiger partial charge in [-0.3, -0.25) is 0 Å². The van der Waals surface area contributed by atoms with Gasteiger partial charge in [-0.1, -0.05) is 43.6 Å². The van der Waals surface area contributed by atoms with E-state index in [9.17, 15) is 0 Å². The fourth-order valence-corrected chi connectivity index (χ4v) is 1.35. The van der Waals surface area contributed by atoms with Crippen LogP contribution in [0.1, 0.15) is 40.0 Å². The molecule has 0 fully saturated rings. The molecule has 1 aliphatic carbocycles. The number of allylic oxidation sites excluding steroid dienone is 4. The molecule has 0 unspecified atom stereocenters. The number of unbranched alkanes of at least 4 members (excludes halogenated alkanes) is 1. The molecule has 0 aromatic rings. The fourth-order valence-electron chi connectivity index (χ4n) is 1.35. The summed E-state index contributed by atoms with van der Waals surface area (Å²) in [6.07, 6.45) is 8.49. The minimum atomic E-state index is -0.826. The van der Waals surface area contributed by atoms with Gasteiger partial charge in [-0.2, -0.15) is 0 Å². The van der Waals surface area contributed by atoms with Gasteiger partial charge in [-0.05, 0) is 19.8 Å². The molecule has 0 aromatic carbocycles. The van der Waals surface area contributed by atoms with E-state index < -0.39 is 20.8 Å². The molecule has 79 valence electrons. The van der Waals surface area contributed by atoms with Crippen LogP contribution in [0, 0.1) is 5.92 Å². The molecule has 0 amide bonds. The fraction of sp³-hybridized carbons (Fsp3) is 0.545. The maximum absolute atomic E-state index is 4.93. The van der Waals surface area contributed by atoms with E-state index in [1.54, 1.807) is 0 Å². The summed E-state index contributed by atoms with van der Waals surface area (Å²) in [6.45, 7) is 6.61. The molecule has 0 N–H and O–H groups in total. The molecule has 0 saturated carbocycles. The van der Waals surface area contributed by atoms with E-state index in [1.165, 1.54) is 36.3 Å². The second-order valence-corrected chi connectivity index (χ2v) is 7.14. The first-order chi connectivity index (χ1) is 6.65. The molecule has 0 bridgehead atoms. The maximum atomic E-state index is 4.93. The second-order valence-electron chi connectivity index (χ2n) is 3.40. The number of rotatable bonds is 3. The van der Waals surface area contributed by atoms with Crippen LogP contribution in [0.25, 0.3) is 0 Å². The molecule has 0 aliphatic heterocycles. The summed E-state index contributed by atoms with van der Waals surface area (Å²) < 4.78 is 0. The van der Waals surface area contributed by atoms with Gasteiger partial charge >= 0.3 is 37.9 Å². The van der Waals surface area contributed by atoms with Crippen molar-refractivity contribution in [3.05, 3.63) is 29.2 Å². The van der Waals surface area contributed by atoms with Crippen molar-refractivity contribution in [1.29, 1.82) is 0 Å². The Morgan fingerprint density at radius 3 is 2.14 bits per heavy atom. The molecule has 0 heterocycles. The SMILES string of the molecule is CCCCC1=C[C](C)C(C)=C1.[Cl][Zr][Cl]. The van der Waals surface area contributed by atoms with E-state index in [0.29, 0.717) is 0 Å². The predicted molar refractivity (Wildman–Crippen MR) is 62.0 cm³/mol. The van der Waals surface area contributed by atoms with Crippen molar-refractivity contribution in [2.24, 2.45) is 0 Å². The Balaban J connectivity index is 0.000000500. The van der Waals surface area contributed by atoms with Crippen molar-refractivity contribution in [2.45, 2.75) is 40.0 Å². The van der Waals surface area contributed by atoms with Crippen molar-refractivity contribution in [3.8, 4) is 0 Å². The molecule has 3 heteroatoms. The van der Waals surface area contributed by atoms with Crippen LogP contribution in [0.5, 0.6) is 0 Å². The Hall–Kier alpha value is 0.943. The van der Waals surface area contributed by atoms with E-state index in [1.807, 2.05) is 0 Å². The molecule has 0 spiro atoms. The summed E-state index contributed by atoms with van der Waals surface area (Å²) in [7, 11) is 9.87. The van der Waals surface area contributed by atoms with Crippen LogP contribution in [0.15, 0.2) is 23.3 Å². The summed E-state index contributed by atoms with van der Waals surface area (Å²) in [6, 6.07) is 0. The van der Waals surface area contributed by atoms with Gasteiger partial charge in [0.1, 0.15) is 0 Å². The minimum absolute atomic E-state index is 0.826. The Morgan fingerprint density at radius 1 is 1.21 bits per heavy atom. The monoisotopic (exact) mass is 309 g/mol. The molecule has 1 rings (SSSR count). The van der Waals surface area contributed by atoms with Gasteiger partial charge in [0.25, 0.3) is 0 Å². The first-order valence-corrected chi connectivity index (χ1v) is 11.2. The van der Waals surface area contributed by atoms with E-state index in [0.717, 1.165) is 0 Å². The first-order valence-electron chi connectivity index (χ1n) is 4.84. The second kappa shape index (κ2) is 9.19. The van der Waals surface area contributed by atoms with Crippen LogP contribution in [0.2, 0.25) is 0 Å². The van der Waals surface area contributed by atoms with E-state index in [-0.39, 0.29) is 0 Å². The molecule has 1 aliphatic rings. The number of halogens is 2. The quantitative estimate of drug-likeness (QED) is 0.685. The molecule has 1 radical (unpaired) electrons. The summed E-state index contributed by atoms with van der Waals surface area (Å²) in [5.41, 5.74) is 2.96. The third-order valence-electron chi connectivity index (χ3n) is 2.24. The number of hydrogen-bond acceptors (Lipinski definition) is 0. The zero-order valence-corrected chi connectivity index (χ0v) is 13.0. The molecule has 0 atom stereocenters. The zero-order chi connectivity index (χ0) is 11.0. The van der Waals surface area contributed by atoms with Crippen molar-refractivity contribution in [1.82, 2.24) is 0 Å². The molecule has 0 saturated heterocycles. The Kier molecular flexibility index (Phi) is 9.81. The van der Waals surface area contributed by atoms with Crippen LogP contribution in [0.3, 0.4) is 0 Å². The van der Waals surface area contributed by atoms with Gasteiger partial charge in [-0.25, -0.2) is 0 Å². The molecule has 0 nitrogen and oxygen atoms in total. The Labute approximate surface area is 106 Å². The topological polar surface area (TPSA) is 0 Å². The standard InChI is InChI=1S/C11H17.2ClH.Zr/c1-4-5-6-11-7-9(2)10(3)8-11;;;/h7-8H,4-6H2,1-3H3;2*1H;/q;;;+2/p-2. The van der Waals surface area contributed by atoms with Crippen LogP contribution >= 0.6 is 17.0 Å². The van der Waals surface area contributed by atoms with Crippen molar-refractivity contribution >= 4 is 17.0 Å². The molecular weight excluding hydrogens is 294 g/mol. The van der Waals surface area contributed by atoms with Gasteiger partial charge < -0.3 is 0 Å². The van der Waals surface area contributed by atoms with Gasteiger partial charge in [0.05, 0.1) is 0 Å². The third-order valence-corrected chi connectivity index (χ3v) is 2.24. The van der Waals surface area contributed by atoms with Crippen LogP contribution in [-0.2, 0) is 20.8 Å². The third kappa shape index (κ3) is 6.43. The molecule has 0 aromatic heterocycles. The summed E-state index contributed by atoms with van der Waals surface area (Å²) in [5, 5.41) is 0. The summed E-state index contributed by atoms with van der Waals surface area (Å²) in [5.74, 6) is 1.44. The van der Waals surface area contributed by atoms with Gasteiger partial charge in [0.2, 0.25) is 0 Å². The molecular formula is C11H17Cl2Zr. The van der Waals surface area contributed by atoms with Crippen molar-refractivity contribution in [3.63, 3.8) is 0 Å². The van der Waals surface area contributed by atoms with Crippen molar-refractivity contribution in [2.75, 3.05) is 0 Å². The summed E-state index contributed by atoms with van der Waals surface area (Å²) in [4.78, 5) is 0. The van der Waals surface area contributed by atoms with Gasteiger partial charge in [-0.15, -0.1) is 0 Å². The predicted octanol–water partition coefficient (Wildman–Crippen LogP) is 5.03. The van der Waals surface area contributed by atoms with E-state index in [2.05, 4.69) is 32.9 Å². The Bertz CT molecular complexity index is 209. The normalized spacial score (nSPS) is 15.5. The van der Waals surface area contributed by atoms with Crippen LogP contribution in [-0.4, -0.2) is 0 Å². The van der Waals surface area contributed by atoms with Crippen LogP contribution in [0.4, 0.5) is 0 Å². The average molecular weight is 311 g/mol. The average Bonchev–Trinajstić information content (AvgIpc) is 2.44. The van der Waals surface area contributed by atoms with Crippen molar-refractivity contribution < 1.29 is 20.8 Å².